The highest BCUT2D eigenvalue weighted by atomic mass is 19.4. The molecule has 0 radical (unpaired) electrons. The Hall–Kier alpha value is -2.91. The van der Waals surface area contributed by atoms with E-state index in [1.54, 1.807) is 12.1 Å². The third-order valence-corrected chi connectivity index (χ3v) is 6.76. The number of alkyl halides is 3. The fourth-order valence-electron chi connectivity index (χ4n) is 5.11. The standard InChI is InChI=1S/C26H31F3N4O2/c1-17-13-33(16-24(30)34)15-20-11-18(6-8-22(17)20)25(35)31-21-7-5-19(23(12-21)26(27,28)29)14-32-9-3-2-4-10-32/h5-8,11-12,17H,2-4,9-10,13-16H2,1H3,(H2,30,34)(H,31,35)/t17-/m0/s1. The Labute approximate surface area is 203 Å². The number of hydrogen-bond donors (Lipinski definition) is 2. The molecule has 1 fully saturated rings. The zero-order chi connectivity index (χ0) is 25.2. The molecule has 0 bridgehead atoms. The Bertz CT molecular complexity index is 1100. The molecule has 2 aromatic carbocycles. The van der Waals surface area contributed by atoms with Gasteiger partial charge in [-0.05, 0) is 72.8 Å². The molecule has 3 N–H and O–H groups in total. The summed E-state index contributed by atoms with van der Waals surface area (Å²) in [6.07, 6.45) is -1.42. The van der Waals surface area contributed by atoms with Gasteiger partial charge in [0.2, 0.25) is 5.91 Å². The number of amides is 2. The van der Waals surface area contributed by atoms with Gasteiger partial charge in [-0.3, -0.25) is 19.4 Å². The van der Waals surface area contributed by atoms with Gasteiger partial charge in [-0.1, -0.05) is 25.5 Å². The van der Waals surface area contributed by atoms with Gasteiger partial charge in [0.05, 0.1) is 12.1 Å². The van der Waals surface area contributed by atoms with Crippen LogP contribution >= 0.6 is 0 Å². The number of halogens is 3. The second-order valence-corrected chi connectivity index (χ2v) is 9.61. The van der Waals surface area contributed by atoms with Crippen LogP contribution < -0.4 is 11.1 Å². The monoisotopic (exact) mass is 488 g/mol. The van der Waals surface area contributed by atoms with Crippen LogP contribution in [0.25, 0.3) is 0 Å². The topological polar surface area (TPSA) is 78.7 Å². The largest absolute Gasteiger partial charge is 0.416 e. The van der Waals surface area contributed by atoms with Crippen LogP contribution in [0.2, 0.25) is 0 Å². The smallest absolute Gasteiger partial charge is 0.369 e. The van der Waals surface area contributed by atoms with E-state index in [0.29, 0.717) is 18.7 Å². The van der Waals surface area contributed by atoms with Crippen molar-refractivity contribution in [2.45, 2.75) is 51.4 Å². The summed E-state index contributed by atoms with van der Waals surface area (Å²) in [6.45, 7) is 5.17. The van der Waals surface area contributed by atoms with E-state index in [2.05, 4.69) is 5.32 Å². The molecule has 2 aromatic rings. The van der Waals surface area contributed by atoms with E-state index in [9.17, 15) is 22.8 Å². The summed E-state index contributed by atoms with van der Waals surface area (Å²) in [5.41, 5.74) is 7.28. The van der Waals surface area contributed by atoms with Crippen LogP contribution in [-0.4, -0.2) is 47.8 Å². The van der Waals surface area contributed by atoms with Crippen molar-refractivity contribution in [3.8, 4) is 0 Å². The van der Waals surface area contributed by atoms with Gasteiger partial charge in [-0.2, -0.15) is 13.2 Å². The van der Waals surface area contributed by atoms with Gasteiger partial charge in [0.25, 0.3) is 5.91 Å². The molecule has 1 saturated heterocycles. The van der Waals surface area contributed by atoms with Crippen molar-refractivity contribution >= 4 is 17.5 Å². The second-order valence-electron chi connectivity index (χ2n) is 9.61. The number of benzene rings is 2. The minimum Gasteiger partial charge on any atom is -0.369 e. The molecule has 0 aromatic heterocycles. The predicted octanol–water partition coefficient (Wildman–Crippen LogP) is 4.35. The Morgan fingerprint density at radius 3 is 2.49 bits per heavy atom. The Kier molecular flexibility index (Phi) is 7.47. The zero-order valence-electron chi connectivity index (χ0n) is 19.8. The number of rotatable bonds is 6. The van der Waals surface area contributed by atoms with Crippen molar-refractivity contribution in [2.24, 2.45) is 5.73 Å². The van der Waals surface area contributed by atoms with Crippen LogP contribution in [0, 0.1) is 0 Å². The van der Waals surface area contributed by atoms with Crippen molar-refractivity contribution in [3.63, 3.8) is 0 Å². The van der Waals surface area contributed by atoms with E-state index < -0.39 is 23.6 Å². The highest BCUT2D eigenvalue weighted by Crippen LogP contribution is 2.35. The van der Waals surface area contributed by atoms with Gasteiger partial charge in [0, 0.05) is 30.9 Å². The Morgan fingerprint density at radius 2 is 1.80 bits per heavy atom. The normalized spacial score (nSPS) is 19.3. The van der Waals surface area contributed by atoms with E-state index >= 15 is 0 Å². The summed E-state index contributed by atoms with van der Waals surface area (Å²) >= 11 is 0. The first-order chi connectivity index (χ1) is 16.6. The van der Waals surface area contributed by atoms with E-state index in [1.807, 2.05) is 22.8 Å². The number of nitrogens with zero attached hydrogens (tertiary/aromatic N) is 2. The molecule has 6 nitrogen and oxygen atoms in total. The molecule has 0 spiro atoms. The molecule has 0 aliphatic carbocycles. The van der Waals surface area contributed by atoms with E-state index in [-0.39, 0.29) is 30.3 Å². The average molecular weight is 489 g/mol. The number of carbonyl (C=O) groups excluding carboxylic acids is 2. The Morgan fingerprint density at radius 1 is 1.06 bits per heavy atom. The third kappa shape index (κ3) is 6.21. The number of fused-ring (bicyclic) bond motifs is 1. The van der Waals surface area contributed by atoms with Gasteiger partial charge in [0.15, 0.2) is 0 Å². The number of carbonyl (C=O) groups is 2. The van der Waals surface area contributed by atoms with Crippen LogP contribution in [0.4, 0.5) is 18.9 Å². The maximum Gasteiger partial charge on any atom is 0.416 e. The van der Waals surface area contributed by atoms with Crippen molar-refractivity contribution in [1.82, 2.24) is 9.80 Å². The highest BCUT2D eigenvalue weighted by molar-refractivity contribution is 6.04. The summed E-state index contributed by atoms with van der Waals surface area (Å²) in [7, 11) is 0. The number of nitrogens with two attached hydrogens (primary N) is 1. The van der Waals surface area contributed by atoms with Gasteiger partial charge in [-0.25, -0.2) is 0 Å². The van der Waals surface area contributed by atoms with E-state index in [0.717, 1.165) is 49.5 Å². The molecule has 0 unspecified atom stereocenters. The summed E-state index contributed by atoms with van der Waals surface area (Å²) in [6, 6.07) is 9.31. The van der Waals surface area contributed by atoms with Crippen molar-refractivity contribution in [2.75, 3.05) is 31.5 Å². The molecule has 0 saturated carbocycles. The predicted molar refractivity (Wildman–Crippen MR) is 128 cm³/mol. The highest BCUT2D eigenvalue weighted by Gasteiger charge is 2.34. The molecule has 1 atom stereocenters. The van der Waals surface area contributed by atoms with Crippen LogP contribution in [-0.2, 0) is 24.1 Å². The number of hydrogen-bond acceptors (Lipinski definition) is 4. The summed E-state index contributed by atoms with van der Waals surface area (Å²) in [5.74, 6) is -0.736. The van der Waals surface area contributed by atoms with E-state index in [4.69, 9.17) is 5.73 Å². The molecule has 4 rings (SSSR count). The minimum absolute atomic E-state index is 0.103. The number of anilines is 1. The van der Waals surface area contributed by atoms with Crippen molar-refractivity contribution in [3.05, 3.63) is 64.2 Å². The number of likely N-dealkylation sites (tertiary alicyclic amines) is 1. The fourth-order valence-corrected chi connectivity index (χ4v) is 5.11. The minimum atomic E-state index is -4.52. The Balaban J connectivity index is 1.52. The first kappa shape index (κ1) is 25.2. The van der Waals surface area contributed by atoms with Gasteiger partial charge >= 0.3 is 6.18 Å². The van der Waals surface area contributed by atoms with Crippen LogP contribution in [0.15, 0.2) is 36.4 Å². The number of primary amides is 1. The molecule has 2 amide bonds. The van der Waals surface area contributed by atoms with Crippen LogP contribution in [0.1, 0.15) is 64.7 Å². The van der Waals surface area contributed by atoms with Gasteiger partial charge in [0.1, 0.15) is 0 Å². The van der Waals surface area contributed by atoms with E-state index in [1.165, 1.54) is 12.1 Å². The average Bonchev–Trinajstić information content (AvgIpc) is 2.79. The molecular weight excluding hydrogens is 457 g/mol. The summed E-state index contributed by atoms with van der Waals surface area (Å²) < 4.78 is 41.5. The zero-order valence-corrected chi connectivity index (χ0v) is 19.8. The lowest BCUT2D eigenvalue weighted by Gasteiger charge is -2.32. The molecule has 2 heterocycles. The molecule has 2 aliphatic heterocycles. The van der Waals surface area contributed by atoms with Gasteiger partial charge in [-0.15, -0.1) is 0 Å². The van der Waals surface area contributed by atoms with Crippen molar-refractivity contribution in [1.29, 1.82) is 0 Å². The molecule has 35 heavy (non-hydrogen) atoms. The number of piperidine rings is 1. The molecule has 2 aliphatic rings. The SMILES string of the molecule is C[C@H]1CN(CC(N)=O)Cc2cc(C(=O)Nc3ccc(CN4CCCCC4)c(C(F)(F)F)c3)ccc21. The van der Waals surface area contributed by atoms with Crippen LogP contribution in [0.5, 0.6) is 0 Å². The lowest BCUT2D eigenvalue weighted by atomic mass is 9.89. The van der Waals surface area contributed by atoms with Crippen molar-refractivity contribution < 1.29 is 22.8 Å². The second kappa shape index (κ2) is 10.4. The first-order valence-corrected chi connectivity index (χ1v) is 12.0. The first-order valence-electron chi connectivity index (χ1n) is 12.0. The summed E-state index contributed by atoms with van der Waals surface area (Å²) in [5, 5.41) is 2.62. The fraction of sp³-hybridized carbons (Fsp3) is 0.462. The quantitative estimate of drug-likeness (QED) is 0.634. The lowest BCUT2D eigenvalue weighted by molar-refractivity contribution is -0.138. The molecular formula is C26H31F3N4O2. The molecule has 188 valence electrons. The van der Waals surface area contributed by atoms with Crippen LogP contribution in [0.3, 0.4) is 0 Å². The summed E-state index contributed by atoms with van der Waals surface area (Å²) in [4.78, 5) is 28.2. The lowest BCUT2D eigenvalue weighted by Crippen LogP contribution is -2.38. The van der Waals surface area contributed by atoms with Gasteiger partial charge < -0.3 is 11.1 Å². The number of nitrogens with one attached hydrogen (secondary N) is 1. The maximum atomic E-state index is 13.8. The molecule has 9 heteroatoms. The maximum absolute atomic E-state index is 13.8. The third-order valence-electron chi connectivity index (χ3n) is 6.76.